The van der Waals surface area contributed by atoms with Gasteiger partial charge >= 0.3 is 0 Å². The zero-order valence-electron chi connectivity index (χ0n) is 10.2. The van der Waals surface area contributed by atoms with E-state index < -0.39 is 0 Å². The van der Waals surface area contributed by atoms with Crippen molar-refractivity contribution in [1.82, 2.24) is 4.90 Å². The Morgan fingerprint density at radius 3 is 2.71 bits per heavy atom. The van der Waals surface area contributed by atoms with Crippen LogP contribution >= 0.6 is 27.5 Å². The maximum Gasteiger partial charge on any atom is 0.253 e. The SMILES string of the molecule is CCCCCN(C)C(=O)c1ccc(Cl)c(Br)c1. The van der Waals surface area contributed by atoms with Gasteiger partial charge in [0.1, 0.15) is 0 Å². The normalized spacial score (nSPS) is 10.4. The maximum atomic E-state index is 12.1. The summed E-state index contributed by atoms with van der Waals surface area (Å²) in [7, 11) is 1.83. The van der Waals surface area contributed by atoms with E-state index in [1.807, 2.05) is 7.05 Å². The summed E-state index contributed by atoms with van der Waals surface area (Å²) >= 11 is 9.22. The molecule has 1 aromatic carbocycles. The molecule has 0 radical (unpaired) electrons. The lowest BCUT2D eigenvalue weighted by atomic mass is 10.2. The molecule has 4 heteroatoms. The molecule has 0 aliphatic heterocycles. The van der Waals surface area contributed by atoms with Gasteiger partial charge in [0.2, 0.25) is 0 Å². The minimum Gasteiger partial charge on any atom is -0.342 e. The second-order valence-electron chi connectivity index (χ2n) is 4.06. The molecule has 0 fully saturated rings. The lowest BCUT2D eigenvalue weighted by molar-refractivity contribution is 0.0792. The van der Waals surface area contributed by atoms with E-state index >= 15 is 0 Å². The fraction of sp³-hybridized carbons (Fsp3) is 0.462. The van der Waals surface area contributed by atoms with E-state index in [9.17, 15) is 4.79 Å². The minimum absolute atomic E-state index is 0.0402. The first-order valence-corrected chi connectivity index (χ1v) is 6.94. The fourth-order valence-corrected chi connectivity index (χ4v) is 2.05. The van der Waals surface area contributed by atoms with Crippen molar-refractivity contribution in [3.8, 4) is 0 Å². The molecular weight excluding hydrogens is 302 g/mol. The van der Waals surface area contributed by atoms with Crippen LogP contribution in [0.4, 0.5) is 0 Å². The molecule has 0 saturated heterocycles. The Balaban J connectivity index is 2.65. The Bertz CT molecular complexity index is 395. The summed E-state index contributed by atoms with van der Waals surface area (Å²) in [4.78, 5) is 13.8. The molecule has 0 heterocycles. The van der Waals surface area contributed by atoms with Crippen LogP contribution in [0.1, 0.15) is 36.5 Å². The van der Waals surface area contributed by atoms with E-state index in [1.165, 1.54) is 0 Å². The highest BCUT2D eigenvalue weighted by Crippen LogP contribution is 2.23. The summed E-state index contributed by atoms with van der Waals surface area (Å²) in [5, 5.41) is 0.621. The van der Waals surface area contributed by atoms with E-state index in [1.54, 1.807) is 23.1 Å². The van der Waals surface area contributed by atoms with Crippen LogP contribution in [0.25, 0.3) is 0 Å². The van der Waals surface area contributed by atoms with Gasteiger partial charge in [-0.15, -0.1) is 0 Å². The summed E-state index contributed by atoms with van der Waals surface area (Å²) in [6.45, 7) is 2.95. The highest BCUT2D eigenvalue weighted by atomic mass is 79.9. The molecule has 0 N–H and O–H groups in total. The molecule has 94 valence electrons. The summed E-state index contributed by atoms with van der Waals surface area (Å²) in [6.07, 6.45) is 3.37. The second-order valence-corrected chi connectivity index (χ2v) is 5.32. The van der Waals surface area contributed by atoms with Crippen LogP contribution in [-0.4, -0.2) is 24.4 Å². The molecular formula is C13H17BrClNO. The molecule has 0 bridgehead atoms. The smallest absolute Gasteiger partial charge is 0.253 e. The number of unbranched alkanes of at least 4 members (excludes halogenated alkanes) is 2. The third-order valence-electron chi connectivity index (χ3n) is 2.61. The summed E-state index contributed by atoms with van der Waals surface area (Å²) in [6, 6.07) is 5.26. The number of hydrogen-bond acceptors (Lipinski definition) is 1. The van der Waals surface area contributed by atoms with Crippen molar-refractivity contribution in [3.63, 3.8) is 0 Å². The first-order valence-electron chi connectivity index (χ1n) is 5.76. The maximum absolute atomic E-state index is 12.1. The van der Waals surface area contributed by atoms with E-state index in [0.29, 0.717) is 10.6 Å². The van der Waals surface area contributed by atoms with Gasteiger partial charge in [-0.25, -0.2) is 0 Å². The summed E-state index contributed by atoms with van der Waals surface area (Å²) in [5.74, 6) is 0.0402. The molecule has 2 nitrogen and oxygen atoms in total. The van der Waals surface area contributed by atoms with E-state index in [-0.39, 0.29) is 5.91 Å². The first kappa shape index (κ1) is 14.5. The highest BCUT2D eigenvalue weighted by molar-refractivity contribution is 9.10. The molecule has 1 aromatic rings. The van der Waals surface area contributed by atoms with Crippen molar-refractivity contribution in [3.05, 3.63) is 33.3 Å². The van der Waals surface area contributed by atoms with Crippen LogP contribution in [0, 0.1) is 0 Å². The number of hydrogen-bond donors (Lipinski definition) is 0. The number of carbonyl (C=O) groups excluding carboxylic acids is 1. The molecule has 1 amide bonds. The first-order chi connectivity index (χ1) is 8.06. The van der Waals surface area contributed by atoms with Crippen LogP contribution in [0.2, 0.25) is 5.02 Å². The van der Waals surface area contributed by atoms with E-state index in [4.69, 9.17) is 11.6 Å². The van der Waals surface area contributed by atoms with Crippen LogP contribution in [0.5, 0.6) is 0 Å². The van der Waals surface area contributed by atoms with Gasteiger partial charge in [-0.3, -0.25) is 4.79 Å². The van der Waals surface area contributed by atoms with Crippen molar-refractivity contribution in [2.24, 2.45) is 0 Å². The molecule has 0 unspecified atom stereocenters. The van der Waals surface area contributed by atoms with Crippen LogP contribution in [0.15, 0.2) is 22.7 Å². The molecule has 0 aliphatic rings. The Kier molecular flexibility index (Phi) is 6.00. The average Bonchev–Trinajstić information content (AvgIpc) is 2.32. The zero-order valence-corrected chi connectivity index (χ0v) is 12.5. The second kappa shape index (κ2) is 7.02. The molecule has 0 aromatic heterocycles. The minimum atomic E-state index is 0.0402. The molecule has 0 aliphatic carbocycles. The van der Waals surface area contributed by atoms with Gasteiger partial charge in [0.05, 0.1) is 5.02 Å². The predicted molar refractivity (Wildman–Crippen MR) is 75.6 cm³/mol. The lowest BCUT2D eigenvalue weighted by Gasteiger charge is -2.17. The lowest BCUT2D eigenvalue weighted by Crippen LogP contribution is -2.27. The Morgan fingerprint density at radius 1 is 1.41 bits per heavy atom. The number of rotatable bonds is 5. The third-order valence-corrected chi connectivity index (χ3v) is 3.82. The van der Waals surface area contributed by atoms with Gasteiger partial charge in [-0.1, -0.05) is 31.4 Å². The van der Waals surface area contributed by atoms with Gasteiger partial charge in [-0.2, -0.15) is 0 Å². The van der Waals surface area contributed by atoms with Crippen molar-refractivity contribution in [1.29, 1.82) is 0 Å². The summed E-state index contributed by atoms with van der Waals surface area (Å²) in [5.41, 5.74) is 0.667. The quantitative estimate of drug-likeness (QED) is 0.738. The van der Waals surface area contributed by atoms with Crippen molar-refractivity contribution >= 4 is 33.4 Å². The van der Waals surface area contributed by atoms with Gasteiger partial charge in [0, 0.05) is 23.6 Å². The van der Waals surface area contributed by atoms with Crippen molar-refractivity contribution in [2.75, 3.05) is 13.6 Å². The zero-order chi connectivity index (χ0) is 12.8. The fourth-order valence-electron chi connectivity index (χ4n) is 1.55. The Hall–Kier alpha value is -0.540. The average molecular weight is 319 g/mol. The number of carbonyl (C=O) groups is 1. The molecule has 17 heavy (non-hydrogen) atoms. The van der Waals surface area contributed by atoms with E-state index in [0.717, 1.165) is 30.3 Å². The number of nitrogens with zero attached hydrogens (tertiary/aromatic N) is 1. The number of halogens is 2. The van der Waals surface area contributed by atoms with Crippen molar-refractivity contribution in [2.45, 2.75) is 26.2 Å². The van der Waals surface area contributed by atoms with Gasteiger partial charge in [0.15, 0.2) is 0 Å². The van der Waals surface area contributed by atoms with Gasteiger partial charge in [0.25, 0.3) is 5.91 Å². The third kappa shape index (κ3) is 4.32. The van der Waals surface area contributed by atoms with E-state index in [2.05, 4.69) is 22.9 Å². The Morgan fingerprint density at radius 2 is 2.12 bits per heavy atom. The molecule has 0 saturated carbocycles. The predicted octanol–water partition coefficient (Wildman–Crippen LogP) is 4.36. The van der Waals surface area contributed by atoms with Gasteiger partial charge < -0.3 is 4.90 Å². The Labute approximate surface area is 116 Å². The number of amides is 1. The van der Waals surface area contributed by atoms with Crippen LogP contribution in [0.3, 0.4) is 0 Å². The number of benzene rings is 1. The monoisotopic (exact) mass is 317 g/mol. The van der Waals surface area contributed by atoms with Gasteiger partial charge in [-0.05, 0) is 40.5 Å². The largest absolute Gasteiger partial charge is 0.342 e. The molecule has 0 atom stereocenters. The topological polar surface area (TPSA) is 20.3 Å². The molecule has 0 spiro atoms. The van der Waals surface area contributed by atoms with Crippen molar-refractivity contribution < 1.29 is 4.79 Å². The highest BCUT2D eigenvalue weighted by Gasteiger charge is 2.12. The molecule has 1 rings (SSSR count). The van der Waals surface area contributed by atoms with Crippen LogP contribution < -0.4 is 0 Å². The summed E-state index contributed by atoms with van der Waals surface area (Å²) < 4.78 is 0.756. The standard InChI is InChI=1S/C13H17BrClNO/c1-3-4-5-8-16(2)13(17)10-6-7-12(15)11(14)9-10/h6-7,9H,3-5,8H2,1-2H3. The van der Waals surface area contributed by atoms with Crippen LogP contribution in [-0.2, 0) is 0 Å².